The van der Waals surface area contributed by atoms with Crippen LogP contribution in [-0.2, 0) is 40.5 Å². The summed E-state index contributed by atoms with van der Waals surface area (Å²) in [4.78, 5) is 6.15. The van der Waals surface area contributed by atoms with Crippen molar-refractivity contribution in [3.8, 4) is 5.75 Å². The zero-order valence-electron chi connectivity index (χ0n) is 22.7. The fourth-order valence-electron chi connectivity index (χ4n) is 4.22. The molecule has 4 aromatic carbocycles. The predicted molar refractivity (Wildman–Crippen MR) is 162 cm³/mol. The minimum absolute atomic E-state index is 0.311. The molecule has 0 heterocycles. The van der Waals surface area contributed by atoms with E-state index in [-0.39, 0.29) is 11.1 Å². The number of nitrogen functional groups attached to an aromatic ring is 1. The first kappa shape index (κ1) is 35.0. The van der Waals surface area contributed by atoms with E-state index in [1.54, 1.807) is 0 Å². The monoisotopic (exact) mass is 730 g/mol. The van der Waals surface area contributed by atoms with Crippen LogP contribution in [0.25, 0.3) is 22.9 Å². The van der Waals surface area contributed by atoms with Crippen molar-refractivity contribution in [3.05, 3.63) is 75.8 Å². The number of hydrogen-bond donors (Lipinski definition) is 6. The van der Waals surface area contributed by atoms with E-state index in [9.17, 15) is 67.1 Å². The number of hydrogen-bond acceptors (Lipinski definition) is 14. The largest absolute Gasteiger partial charge is 0.505 e. The molecule has 4 rings (SSSR count). The van der Waals surface area contributed by atoms with Crippen molar-refractivity contribution in [2.24, 2.45) is 10.2 Å². The third kappa shape index (κ3) is 7.42. The zero-order chi connectivity index (χ0) is 35.3. The Balaban J connectivity index is 1.87. The first-order chi connectivity index (χ1) is 21.5. The lowest BCUT2D eigenvalue weighted by Gasteiger charge is -2.12. The first-order valence-electron chi connectivity index (χ1n) is 12.0. The Morgan fingerprint density at radius 3 is 1.70 bits per heavy atom. The maximum atomic E-state index is 12.2. The second-order valence-electron chi connectivity index (χ2n) is 9.29. The van der Waals surface area contributed by atoms with Gasteiger partial charge in [-0.3, -0.25) is 28.3 Å². The molecule has 47 heavy (non-hydrogen) atoms. The van der Waals surface area contributed by atoms with E-state index in [2.05, 4.69) is 10.2 Å². The number of nitrogens with two attached hydrogens (primary N) is 1. The number of azo groups is 1. The molecule has 0 aliphatic heterocycles. The number of nitro benzene ring substituents is 1. The number of fused-ring (bicyclic) bond motifs is 1. The van der Waals surface area contributed by atoms with Crippen molar-refractivity contribution in [1.82, 2.24) is 0 Å². The number of phenolic OH excluding ortho intramolecular Hbond substituents is 1. The van der Waals surface area contributed by atoms with Crippen LogP contribution in [0.4, 0.5) is 22.7 Å². The summed E-state index contributed by atoms with van der Waals surface area (Å²) in [5, 5.41) is 28.0. The van der Waals surface area contributed by atoms with E-state index in [1.165, 1.54) is 0 Å². The Bertz CT molecular complexity index is 2510. The van der Waals surface area contributed by atoms with Gasteiger partial charge in [0.15, 0.2) is 5.75 Å². The molecule has 0 aliphatic rings. The lowest BCUT2D eigenvalue weighted by Crippen LogP contribution is -2.06. The fourth-order valence-corrected chi connectivity index (χ4v) is 7.09. The number of nitrogens with zero attached hydrogens (tertiary/aromatic N) is 3. The molecule has 0 aliphatic carbocycles. The van der Waals surface area contributed by atoms with Crippen molar-refractivity contribution >= 4 is 86.1 Å². The number of aromatic hydroxyl groups is 1. The van der Waals surface area contributed by atoms with Crippen LogP contribution in [0.3, 0.4) is 0 Å². The Morgan fingerprint density at radius 2 is 1.19 bits per heavy atom. The van der Waals surface area contributed by atoms with E-state index in [4.69, 9.17) is 5.73 Å². The van der Waals surface area contributed by atoms with E-state index >= 15 is 0 Å². The average Bonchev–Trinajstić information content (AvgIpc) is 2.93. The smallest absolute Gasteiger partial charge is 0.297 e. The number of non-ortho nitro benzene ring substituents is 1. The van der Waals surface area contributed by atoms with Crippen LogP contribution in [-0.4, -0.2) is 61.9 Å². The molecule has 19 nitrogen and oxygen atoms in total. The van der Waals surface area contributed by atoms with Gasteiger partial charge in [-0.25, -0.2) is 0 Å². The second kappa shape index (κ2) is 12.0. The van der Waals surface area contributed by atoms with Crippen molar-refractivity contribution in [2.75, 3.05) is 5.73 Å². The van der Waals surface area contributed by atoms with Gasteiger partial charge in [0.25, 0.3) is 46.2 Å². The van der Waals surface area contributed by atoms with E-state index in [1.807, 2.05) is 0 Å². The van der Waals surface area contributed by atoms with E-state index in [0.29, 0.717) is 18.2 Å². The molecule has 0 saturated carbocycles. The molecule has 0 radical (unpaired) electrons. The van der Waals surface area contributed by atoms with Gasteiger partial charge in [0.1, 0.15) is 25.3 Å². The number of nitro groups is 1. The minimum atomic E-state index is -5.29. The third-order valence-corrected chi connectivity index (χ3v) is 9.88. The fraction of sp³-hybridized carbons (Fsp3) is 0. The number of rotatable bonds is 9. The van der Waals surface area contributed by atoms with E-state index in [0.717, 1.165) is 48.6 Å². The third-order valence-electron chi connectivity index (χ3n) is 6.22. The molecular formula is C24H18N4O15S4. The van der Waals surface area contributed by atoms with E-state index < -0.39 is 104 Å². The molecule has 0 spiro atoms. The van der Waals surface area contributed by atoms with Crippen molar-refractivity contribution in [1.29, 1.82) is 0 Å². The standard InChI is InChI=1S/C24H18N4O15S4/c25-18-8-7-16-17(24(18)47(41,42)43)11-21(46(38,39)40)22(23(16)29)27-26-14-5-3-12(19(9-14)44(32,33)34)1-2-13-4-6-15(28(30)31)10-20(13)45(35,36)37/h1-11,29H,25H2,(H,32,33,34)(H,35,36,37)(H,38,39,40)(H,41,42,43)/b2-1+,27-26?. The Hall–Kier alpha value is -4.88. The predicted octanol–water partition coefficient (Wildman–Crippen LogP) is 3.61. The molecular weight excluding hydrogens is 713 g/mol. The summed E-state index contributed by atoms with van der Waals surface area (Å²) in [5.74, 6) is -1.06. The van der Waals surface area contributed by atoms with Crippen molar-refractivity contribution < 1.29 is 61.9 Å². The molecule has 0 atom stereocenters. The molecule has 0 unspecified atom stereocenters. The Labute approximate surface area is 264 Å². The first-order valence-corrected chi connectivity index (χ1v) is 17.8. The second-order valence-corrected chi connectivity index (χ2v) is 14.8. The molecule has 0 aromatic heterocycles. The molecule has 0 amide bonds. The highest BCUT2D eigenvalue weighted by Crippen LogP contribution is 2.44. The molecule has 0 fully saturated rings. The minimum Gasteiger partial charge on any atom is -0.505 e. The van der Waals surface area contributed by atoms with Gasteiger partial charge in [0.2, 0.25) is 0 Å². The Morgan fingerprint density at radius 1 is 0.660 bits per heavy atom. The van der Waals surface area contributed by atoms with Gasteiger partial charge >= 0.3 is 0 Å². The highest BCUT2D eigenvalue weighted by atomic mass is 32.2. The normalized spacial score (nSPS) is 13.1. The zero-order valence-corrected chi connectivity index (χ0v) is 26.0. The number of benzene rings is 4. The van der Waals surface area contributed by atoms with Crippen LogP contribution in [0.5, 0.6) is 5.75 Å². The van der Waals surface area contributed by atoms with Crippen LogP contribution in [0, 0.1) is 10.1 Å². The van der Waals surface area contributed by atoms with Gasteiger partial charge in [0, 0.05) is 22.9 Å². The summed E-state index contributed by atoms with van der Waals surface area (Å²) >= 11 is 0. The van der Waals surface area contributed by atoms with Gasteiger partial charge in [-0.2, -0.15) is 38.8 Å². The topological polar surface area (TPSA) is 332 Å². The summed E-state index contributed by atoms with van der Waals surface area (Å²) in [6, 6.07) is 7.72. The van der Waals surface area contributed by atoms with Crippen LogP contribution >= 0.6 is 0 Å². The van der Waals surface area contributed by atoms with Crippen molar-refractivity contribution in [2.45, 2.75) is 19.6 Å². The van der Waals surface area contributed by atoms with Gasteiger partial charge in [-0.05, 0) is 47.5 Å². The van der Waals surface area contributed by atoms with Gasteiger partial charge < -0.3 is 10.8 Å². The highest BCUT2D eigenvalue weighted by Gasteiger charge is 2.27. The van der Waals surface area contributed by atoms with Gasteiger partial charge in [-0.15, -0.1) is 5.11 Å². The summed E-state index contributed by atoms with van der Waals surface area (Å²) in [6.07, 6.45) is 1.92. The molecule has 7 N–H and O–H groups in total. The van der Waals surface area contributed by atoms with Crippen LogP contribution in [0.15, 0.2) is 84.4 Å². The summed E-state index contributed by atoms with van der Waals surface area (Å²) in [6.45, 7) is 0. The lowest BCUT2D eigenvalue weighted by atomic mass is 10.1. The summed E-state index contributed by atoms with van der Waals surface area (Å²) in [5.41, 5.74) is 2.39. The van der Waals surface area contributed by atoms with Crippen molar-refractivity contribution in [3.63, 3.8) is 0 Å². The molecule has 0 bridgehead atoms. The number of phenols is 1. The van der Waals surface area contributed by atoms with Gasteiger partial charge in [-0.1, -0.05) is 18.2 Å². The maximum Gasteiger partial charge on any atom is 0.297 e. The molecule has 23 heteroatoms. The van der Waals surface area contributed by atoms with Gasteiger partial charge in [0.05, 0.1) is 16.3 Å². The SMILES string of the molecule is Nc1ccc2c(O)c(N=Nc3ccc(/C=C/c4ccc([N+](=O)[O-])cc4S(=O)(=O)O)c(S(=O)(=O)O)c3)c(S(=O)(=O)O)cc2c1S(=O)(=O)O. The van der Waals surface area contributed by atoms with Crippen LogP contribution < -0.4 is 5.73 Å². The average molecular weight is 731 g/mol. The molecule has 248 valence electrons. The summed E-state index contributed by atoms with van der Waals surface area (Å²) < 4.78 is 135. The highest BCUT2D eigenvalue weighted by molar-refractivity contribution is 7.87. The van der Waals surface area contributed by atoms with Crippen LogP contribution in [0.1, 0.15) is 11.1 Å². The molecule has 0 saturated heterocycles. The summed E-state index contributed by atoms with van der Waals surface area (Å²) in [7, 11) is -20.5. The molecule has 4 aromatic rings. The number of anilines is 1. The van der Waals surface area contributed by atoms with Crippen LogP contribution in [0.2, 0.25) is 0 Å². The Kier molecular flexibility index (Phi) is 8.97. The lowest BCUT2D eigenvalue weighted by molar-refractivity contribution is -0.385. The maximum absolute atomic E-state index is 12.2. The quantitative estimate of drug-likeness (QED) is 0.0357.